The van der Waals surface area contributed by atoms with Gasteiger partial charge in [-0.05, 0) is 31.9 Å². The largest absolute Gasteiger partial charge is 0.349 e. The van der Waals surface area contributed by atoms with Crippen LogP contribution in [0.5, 0.6) is 0 Å². The zero-order valence-electron chi connectivity index (χ0n) is 11.6. The first-order valence-electron chi connectivity index (χ1n) is 6.93. The molecule has 0 bridgehead atoms. The maximum atomic E-state index is 13.6. The van der Waals surface area contributed by atoms with Gasteiger partial charge in [0.2, 0.25) is 5.91 Å². The molecule has 1 atom stereocenters. The van der Waals surface area contributed by atoms with Crippen LogP contribution >= 0.6 is 0 Å². The quantitative estimate of drug-likeness (QED) is 0.892. The average molecular weight is 282 g/mol. The van der Waals surface area contributed by atoms with Crippen molar-refractivity contribution in [1.82, 2.24) is 5.32 Å². The van der Waals surface area contributed by atoms with Gasteiger partial charge in [-0.1, -0.05) is 18.9 Å². The van der Waals surface area contributed by atoms with Gasteiger partial charge in [0.25, 0.3) is 0 Å². The maximum absolute atomic E-state index is 13.6. The summed E-state index contributed by atoms with van der Waals surface area (Å²) in [6.45, 7) is 1.57. The molecule has 1 fully saturated rings. The van der Waals surface area contributed by atoms with Gasteiger partial charge in [0.05, 0.1) is 6.04 Å². The van der Waals surface area contributed by atoms with Gasteiger partial charge in [0.15, 0.2) is 0 Å². The van der Waals surface area contributed by atoms with Crippen molar-refractivity contribution in [3.8, 4) is 0 Å². The molecule has 1 aliphatic carbocycles. The third-order valence-electron chi connectivity index (χ3n) is 3.92. The molecule has 0 aliphatic heterocycles. The topological polar surface area (TPSA) is 55.1 Å². The summed E-state index contributed by atoms with van der Waals surface area (Å²) < 4.78 is 27.2. The fraction of sp³-hybridized carbons (Fsp3) is 0.533. The van der Waals surface area contributed by atoms with Crippen molar-refractivity contribution in [2.24, 2.45) is 5.73 Å². The van der Waals surface area contributed by atoms with Crippen molar-refractivity contribution in [3.63, 3.8) is 0 Å². The third kappa shape index (κ3) is 3.33. The van der Waals surface area contributed by atoms with E-state index in [1.165, 1.54) is 18.2 Å². The predicted molar refractivity (Wildman–Crippen MR) is 72.9 cm³/mol. The van der Waals surface area contributed by atoms with Crippen LogP contribution in [0.3, 0.4) is 0 Å². The molecule has 2 rings (SSSR count). The summed E-state index contributed by atoms with van der Waals surface area (Å²) >= 11 is 0. The molecule has 1 amide bonds. The van der Waals surface area contributed by atoms with Gasteiger partial charge in [0, 0.05) is 17.5 Å². The average Bonchev–Trinajstić information content (AvgIpc) is 2.74. The SMILES string of the molecule is CC(NC(=O)CC1(N)CCCC1)c1c(F)cccc1F. The van der Waals surface area contributed by atoms with Crippen molar-refractivity contribution in [2.45, 2.75) is 50.6 Å². The Morgan fingerprint density at radius 2 is 1.90 bits per heavy atom. The molecule has 1 aromatic rings. The monoisotopic (exact) mass is 282 g/mol. The molecule has 0 spiro atoms. The molecule has 0 radical (unpaired) electrons. The number of nitrogens with one attached hydrogen (secondary N) is 1. The summed E-state index contributed by atoms with van der Waals surface area (Å²) in [6, 6.07) is 2.95. The van der Waals surface area contributed by atoms with Crippen molar-refractivity contribution < 1.29 is 13.6 Å². The number of amides is 1. The highest BCUT2D eigenvalue weighted by Crippen LogP contribution is 2.30. The third-order valence-corrected chi connectivity index (χ3v) is 3.92. The number of rotatable bonds is 4. The Kier molecular flexibility index (Phi) is 4.38. The summed E-state index contributed by atoms with van der Waals surface area (Å²) in [5.41, 5.74) is 5.55. The van der Waals surface area contributed by atoms with Crippen molar-refractivity contribution in [3.05, 3.63) is 35.4 Å². The number of carbonyl (C=O) groups excluding carboxylic acids is 1. The van der Waals surface area contributed by atoms with Gasteiger partial charge < -0.3 is 11.1 Å². The van der Waals surface area contributed by atoms with E-state index in [1.54, 1.807) is 6.92 Å². The summed E-state index contributed by atoms with van der Waals surface area (Å²) in [7, 11) is 0. The highest BCUT2D eigenvalue weighted by atomic mass is 19.1. The van der Waals surface area contributed by atoms with Crippen LogP contribution in [-0.2, 0) is 4.79 Å². The summed E-state index contributed by atoms with van der Waals surface area (Å²) in [6.07, 6.45) is 3.90. The van der Waals surface area contributed by atoms with Crippen LogP contribution in [0.25, 0.3) is 0 Å². The lowest BCUT2D eigenvalue weighted by molar-refractivity contribution is -0.122. The van der Waals surface area contributed by atoms with Crippen LogP contribution in [-0.4, -0.2) is 11.4 Å². The van der Waals surface area contributed by atoms with Gasteiger partial charge in [-0.3, -0.25) is 4.79 Å². The number of hydrogen-bond acceptors (Lipinski definition) is 2. The summed E-state index contributed by atoms with van der Waals surface area (Å²) in [5.74, 6) is -1.56. The van der Waals surface area contributed by atoms with Crippen LogP contribution < -0.4 is 11.1 Å². The standard InChI is InChI=1S/C15H20F2N2O/c1-10(14-11(16)5-4-6-12(14)17)19-13(20)9-15(18)7-2-3-8-15/h4-6,10H,2-3,7-9,18H2,1H3,(H,19,20). The van der Waals surface area contributed by atoms with Gasteiger partial charge in [-0.25, -0.2) is 8.78 Å². The molecule has 5 heteroatoms. The van der Waals surface area contributed by atoms with E-state index < -0.39 is 23.2 Å². The Hall–Kier alpha value is -1.49. The molecule has 1 aromatic carbocycles. The van der Waals surface area contributed by atoms with Crippen LogP contribution in [0, 0.1) is 11.6 Å². The van der Waals surface area contributed by atoms with Crippen LogP contribution in [0.2, 0.25) is 0 Å². The number of benzene rings is 1. The predicted octanol–water partition coefficient (Wildman–Crippen LogP) is 2.80. The lowest BCUT2D eigenvalue weighted by Crippen LogP contribution is -2.42. The maximum Gasteiger partial charge on any atom is 0.222 e. The Morgan fingerprint density at radius 1 is 1.35 bits per heavy atom. The van der Waals surface area contributed by atoms with E-state index in [0.717, 1.165) is 25.7 Å². The molecule has 1 saturated carbocycles. The van der Waals surface area contributed by atoms with Crippen LogP contribution in [0.15, 0.2) is 18.2 Å². The van der Waals surface area contributed by atoms with Gasteiger partial charge in [0.1, 0.15) is 11.6 Å². The van der Waals surface area contributed by atoms with Gasteiger partial charge in [-0.2, -0.15) is 0 Å². The Morgan fingerprint density at radius 3 is 2.45 bits per heavy atom. The molecule has 3 nitrogen and oxygen atoms in total. The first-order valence-corrected chi connectivity index (χ1v) is 6.93. The van der Waals surface area contributed by atoms with E-state index in [9.17, 15) is 13.6 Å². The second-order valence-corrected chi connectivity index (χ2v) is 5.67. The van der Waals surface area contributed by atoms with Crippen molar-refractivity contribution in [1.29, 1.82) is 0 Å². The first-order chi connectivity index (χ1) is 9.41. The molecule has 1 unspecified atom stereocenters. The van der Waals surface area contributed by atoms with Crippen molar-refractivity contribution in [2.75, 3.05) is 0 Å². The molecule has 0 aromatic heterocycles. The molecule has 0 saturated heterocycles. The van der Waals surface area contributed by atoms with Crippen molar-refractivity contribution >= 4 is 5.91 Å². The normalized spacial score (nSPS) is 18.8. The number of hydrogen-bond donors (Lipinski definition) is 2. The van der Waals surface area contributed by atoms with Crippen LogP contribution in [0.4, 0.5) is 8.78 Å². The Labute approximate surface area is 117 Å². The summed E-state index contributed by atoms with van der Waals surface area (Å²) in [4.78, 5) is 12.0. The molecule has 0 heterocycles. The highest BCUT2D eigenvalue weighted by molar-refractivity contribution is 5.77. The molecular formula is C15H20F2N2O. The fourth-order valence-electron chi connectivity index (χ4n) is 2.86. The van der Waals surface area contributed by atoms with Gasteiger partial charge in [-0.15, -0.1) is 0 Å². The molecule has 1 aliphatic rings. The Balaban J connectivity index is 2.00. The second-order valence-electron chi connectivity index (χ2n) is 5.67. The molecule has 20 heavy (non-hydrogen) atoms. The smallest absolute Gasteiger partial charge is 0.222 e. The highest BCUT2D eigenvalue weighted by Gasteiger charge is 2.32. The molecular weight excluding hydrogens is 262 g/mol. The summed E-state index contributed by atoms with van der Waals surface area (Å²) in [5, 5.41) is 2.63. The Bertz CT molecular complexity index is 478. The fourth-order valence-corrected chi connectivity index (χ4v) is 2.86. The minimum Gasteiger partial charge on any atom is -0.349 e. The van der Waals surface area contributed by atoms with Gasteiger partial charge >= 0.3 is 0 Å². The minimum absolute atomic E-state index is 0.113. The lowest BCUT2D eigenvalue weighted by atomic mass is 9.94. The van der Waals surface area contributed by atoms with E-state index in [2.05, 4.69) is 5.32 Å². The van der Waals surface area contributed by atoms with E-state index in [-0.39, 0.29) is 17.9 Å². The molecule has 3 N–H and O–H groups in total. The zero-order valence-corrected chi connectivity index (χ0v) is 11.6. The van der Waals surface area contributed by atoms with E-state index in [0.29, 0.717) is 0 Å². The second kappa shape index (κ2) is 5.87. The minimum atomic E-state index is -0.714. The number of nitrogens with two attached hydrogens (primary N) is 1. The zero-order chi connectivity index (χ0) is 14.8. The lowest BCUT2D eigenvalue weighted by Gasteiger charge is -2.24. The van der Waals surface area contributed by atoms with E-state index in [1.807, 2.05) is 0 Å². The van der Waals surface area contributed by atoms with E-state index >= 15 is 0 Å². The molecule has 110 valence electrons. The van der Waals surface area contributed by atoms with Crippen LogP contribution in [0.1, 0.15) is 50.6 Å². The van der Waals surface area contributed by atoms with E-state index in [4.69, 9.17) is 5.73 Å². The first kappa shape index (κ1) is 14.9. The number of halogens is 2. The number of carbonyl (C=O) groups is 1.